The van der Waals surface area contributed by atoms with E-state index in [-0.39, 0.29) is 6.10 Å². The third-order valence-electron chi connectivity index (χ3n) is 3.66. The van der Waals surface area contributed by atoms with E-state index in [2.05, 4.69) is 10.3 Å². The molecule has 1 aliphatic rings. The van der Waals surface area contributed by atoms with Crippen molar-refractivity contribution in [1.82, 2.24) is 10.3 Å². The summed E-state index contributed by atoms with van der Waals surface area (Å²) in [6.07, 6.45) is 3.97. The molecule has 23 heavy (non-hydrogen) atoms. The maximum atomic E-state index is 6.10. The van der Waals surface area contributed by atoms with Gasteiger partial charge in [-0.1, -0.05) is 23.2 Å². The molecule has 0 aliphatic carbocycles. The molecule has 4 nitrogen and oxygen atoms in total. The number of nitrogens with zero attached hydrogens (tertiary/aromatic N) is 1. The number of piperidine rings is 1. The summed E-state index contributed by atoms with van der Waals surface area (Å²) in [6, 6.07) is 8.99. The number of nitrogens with one attached hydrogen (secondary N) is 1. The van der Waals surface area contributed by atoms with Crippen molar-refractivity contribution in [2.24, 2.45) is 0 Å². The molecule has 1 aliphatic heterocycles. The Morgan fingerprint density at radius 2 is 1.96 bits per heavy atom. The van der Waals surface area contributed by atoms with E-state index >= 15 is 0 Å². The van der Waals surface area contributed by atoms with Gasteiger partial charge in [-0.2, -0.15) is 0 Å². The van der Waals surface area contributed by atoms with Gasteiger partial charge in [0.2, 0.25) is 5.88 Å². The highest BCUT2D eigenvalue weighted by Crippen LogP contribution is 2.28. The molecule has 0 saturated carbocycles. The van der Waals surface area contributed by atoms with Crippen molar-refractivity contribution in [3.63, 3.8) is 0 Å². The molecule has 1 aromatic heterocycles. The van der Waals surface area contributed by atoms with E-state index in [4.69, 9.17) is 32.7 Å². The summed E-state index contributed by atoms with van der Waals surface area (Å²) in [7, 11) is 0. The zero-order chi connectivity index (χ0) is 16.1. The van der Waals surface area contributed by atoms with Crippen LogP contribution in [0.2, 0.25) is 10.0 Å². The molecular weight excluding hydrogens is 335 g/mol. The van der Waals surface area contributed by atoms with Crippen LogP contribution in [0.4, 0.5) is 0 Å². The highest BCUT2D eigenvalue weighted by molar-refractivity contribution is 6.35. The summed E-state index contributed by atoms with van der Waals surface area (Å²) in [5.41, 5.74) is 0.981. The summed E-state index contributed by atoms with van der Waals surface area (Å²) in [5, 5.41) is 4.40. The van der Waals surface area contributed by atoms with Gasteiger partial charge in [0.1, 0.15) is 18.5 Å². The van der Waals surface area contributed by atoms with E-state index < -0.39 is 0 Å². The van der Waals surface area contributed by atoms with Crippen molar-refractivity contribution in [2.45, 2.75) is 25.6 Å². The van der Waals surface area contributed by atoms with Gasteiger partial charge in [-0.05, 0) is 55.8 Å². The Bertz CT molecular complexity index is 661. The SMILES string of the molecule is Clc1ccc(OCc2ccnc(OC3CCNCC3)c2)c(Cl)c1. The molecule has 2 aromatic rings. The monoisotopic (exact) mass is 352 g/mol. The number of benzene rings is 1. The molecule has 2 heterocycles. The third kappa shape index (κ3) is 4.74. The minimum Gasteiger partial charge on any atom is -0.487 e. The summed E-state index contributed by atoms with van der Waals surface area (Å²) >= 11 is 12.0. The van der Waals surface area contributed by atoms with E-state index in [1.54, 1.807) is 24.4 Å². The van der Waals surface area contributed by atoms with E-state index in [0.717, 1.165) is 31.5 Å². The Kier molecular flexibility index (Phi) is 5.60. The average Bonchev–Trinajstić information content (AvgIpc) is 2.55. The highest BCUT2D eigenvalue weighted by atomic mass is 35.5. The normalized spacial score (nSPS) is 15.4. The Morgan fingerprint density at radius 1 is 1.13 bits per heavy atom. The Morgan fingerprint density at radius 3 is 2.74 bits per heavy atom. The molecule has 6 heteroatoms. The van der Waals surface area contributed by atoms with Gasteiger partial charge in [-0.15, -0.1) is 0 Å². The summed E-state index contributed by atoms with van der Waals surface area (Å²) in [6.45, 7) is 2.37. The molecule has 3 rings (SSSR count). The topological polar surface area (TPSA) is 43.4 Å². The molecule has 1 fully saturated rings. The average molecular weight is 353 g/mol. The van der Waals surface area contributed by atoms with Gasteiger partial charge >= 0.3 is 0 Å². The van der Waals surface area contributed by atoms with E-state index in [0.29, 0.717) is 28.3 Å². The Balaban J connectivity index is 1.60. The number of aromatic nitrogens is 1. The smallest absolute Gasteiger partial charge is 0.213 e. The molecule has 1 aromatic carbocycles. The fourth-order valence-corrected chi connectivity index (χ4v) is 2.91. The van der Waals surface area contributed by atoms with Crippen LogP contribution in [0, 0.1) is 0 Å². The lowest BCUT2D eigenvalue weighted by Crippen LogP contribution is -2.34. The molecule has 0 atom stereocenters. The Labute approximate surface area is 145 Å². The van der Waals surface area contributed by atoms with Gasteiger partial charge in [0, 0.05) is 17.3 Å². The molecule has 0 amide bonds. The number of pyridine rings is 1. The lowest BCUT2D eigenvalue weighted by Gasteiger charge is -2.23. The summed E-state index contributed by atoms with van der Waals surface area (Å²) in [4.78, 5) is 4.28. The van der Waals surface area contributed by atoms with E-state index in [9.17, 15) is 0 Å². The minimum absolute atomic E-state index is 0.227. The van der Waals surface area contributed by atoms with E-state index in [1.807, 2.05) is 12.1 Å². The van der Waals surface area contributed by atoms with Crippen LogP contribution in [0.1, 0.15) is 18.4 Å². The molecule has 0 bridgehead atoms. The van der Waals surface area contributed by atoms with Crippen molar-refractivity contribution in [1.29, 1.82) is 0 Å². The first-order chi connectivity index (χ1) is 11.2. The zero-order valence-corrected chi connectivity index (χ0v) is 14.1. The number of hydrogen-bond donors (Lipinski definition) is 1. The maximum absolute atomic E-state index is 6.10. The van der Waals surface area contributed by atoms with Crippen molar-refractivity contribution >= 4 is 23.2 Å². The number of ether oxygens (including phenoxy) is 2. The van der Waals surface area contributed by atoms with E-state index in [1.165, 1.54) is 0 Å². The lowest BCUT2D eigenvalue weighted by molar-refractivity contribution is 0.155. The fourth-order valence-electron chi connectivity index (χ4n) is 2.44. The highest BCUT2D eigenvalue weighted by Gasteiger charge is 2.15. The van der Waals surface area contributed by atoms with Crippen molar-refractivity contribution in [3.8, 4) is 11.6 Å². The third-order valence-corrected chi connectivity index (χ3v) is 4.19. The molecular formula is C17H18Cl2N2O2. The molecule has 122 valence electrons. The fraction of sp³-hybridized carbons (Fsp3) is 0.353. The van der Waals surface area contributed by atoms with Crippen LogP contribution in [-0.2, 0) is 6.61 Å². The lowest BCUT2D eigenvalue weighted by atomic mass is 10.1. The first-order valence-corrected chi connectivity index (χ1v) is 8.36. The molecule has 0 radical (unpaired) electrons. The molecule has 1 N–H and O–H groups in total. The zero-order valence-electron chi connectivity index (χ0n) is 12.6. The second-order valence-corrected chi connectivity index (χ2v) is 6.28. The van der Waals surface area contributed by atoms with Gasteiger partial charge in [-0.3, -0.25) is 0 Å². The van der Waals surface area contributed by atoms with Gasteiger partial charge in [0.25, 0.3) is 0 Å². The largest absolute Gasteiger partial charge is 0.487 e. The summed E-state index contributed by atoms with van der Waals surface area (Å²) in [5.74, 6) is 1.24. The predicted molar refractivity (Wildman–Crippen MR) is 91.6 cm³/mol. The van der Waals surface area contributed by atoms with Crippen LogP contribution in [-0.4, -0.2) is 24.2 Å². The van der Waals surface area contributed by atoms with Crippen LogP contribution < -0.4 is 14.8 Å². The minimum atomic E-state index is 0.227. The van der Waals surface area contributed by atoms with Crippen molar-refractivity contribution in [3.05, 3.63) is 52.1 Å². The second kappa shape index (κ2) is 7.86. The maximum Gasteiger partial charge on any atom is 0.213 e. The van der Waals surface area contributed by atoms with Crippen molar-refractivity contribution in [2.75, 3.05) is 13.1 Å². The van der Waals surface area contributed by atoms with Crippen LogP contribution >= 0.6 is 23.2 Å². The first-order valence-electron chi connectivity index (χ1n) is 7.61. The number of hydrogen-bond acceptors (Lipinski definition) is 4. The number of halogens is 2. The van der Waals surface area contributed by atoms with Crippen molar-refractivity contribution < 1.29 is 9.47 Å². The van der Waals surface area contributed by atoms with Crippen LogP contribution in [0.5, 0.6) is 11.6 Å². The van der Waals surface area contributed by atoms with Gasteiger partial charge in [0.05, 0.1) is 5.02 Å². The standard InChI is InChI=1S/C17H18Cl2N2O2/c18-13-1-2-16(15(19)10-13)22-11-12-3-8-21-17(9-12)23-14-4-6-20-7-5-14/h1-3,8-10,14,20H,4-7,11H2. The quantitative estimate of drug-likeness (QED) is 0.879. The molecule has 1 saturated heterocycles. The van der Waals surface area contributed by atoms with Crippen LogP contribution in [0.15, 0.2) is 36.5 Å². The van der Waals surface area contributed by atoms with Gasteiger partial charge in [-0.25, -0.2) is 4.98 Å². The first kappa shape index (κ1) is 16.4. The van der Waals surface area contributed by atoms with Crippen LogP contribution in [0.25, 0.3) is 0 Å². The van der Waals surface area contributed by atoms with Gasteiger partial charge in [0.15, 0.2) is 0 Å². The van der Waals surface area contributed by atoms with Crippen LogP contribution in [0.3, 0.4) is 0 Å². The predicted octanol–water partition coefficient (Wildman–Crippen LogP) is 4.10. The number of rotatable bonds is 5. The van der Waals surface area contributed by atoms with Gasteiger partial charge < -0.3 is 14.8 Å². The molecule has 0 unspecified atom stereocenters. The second-order valence-electron chi connectivity index (χ2n) is 5.43. The summed E-state index contributed by atoms with van der Waals surface area (Å²) < 4.78 is 11.7. The molecule has 0 spiro atoms. The Hall–Kier alpha value is -1.49.